The number of aliphatic imine (C=N–C) groups is 1. The maximum absolute atomic E-state index is 12.7. The van der Waals surface area contributed by atoms with Crippen LogP contribution in [0.4, 0.5) is 5.69 Å². The normalized spacial score (nSPS) is 22.0. The SMILES string of the molecule is CC(C1=NNC(=Nc2ccccc2)SC1)N1C(=O)c2ccccc2C1O. The lowest BCUT2D eigenvalue weighted by molar-refractivity contribution is 0.0114. The van der Waals surface area contributed by atoms with Crippen molar-refractivity contribution in [2.75, 3.05) is 5.75 Å². The van der Waals surface area contributed by atoms with Crippen LogP contribution < -0.4 is 5.43 Å². The fourth-order valence-corrected chi connectivity index (χ4v) is 3.95. The Morgan fingerprint density at radius 1 is 1.23 bits per heavy atom. The third-order valence-corrected chi connectivity index (χ3v) is 5.40. The van der Waals surface area contributed by atoms with Crippen LogP contribution in [0.1, 0.15) is 29.1 Å². The van der Waals surface area contributed by atoms with Gasteiger partial charge in [-0.05, 0) is 25.1 Å². The summed E-state index contributed by atoms with van der Waals surface area (Å²) >= 11 is 1.53. The molecule has 2 aromatic carbocycles. The van der Waals surface area contributed by atoms with E-state index in [1.165, 1.54) is 16.7 Å². The highest BCUT2D eigenvalue weighted by atomic mass is 32.2. The highest BCUT2D eigenvalue weighted by molar-refractivity contribution is 8.14. The number of fused-ring (bicyclic) bond motifs is 1. The molecule has 2 aromatic rings. The van der Waals surface area contributed by atoms with E-state index in [9.17, 15) is 9.90 Å². The molecule has 2 atom stereocenters. The predicted molar refractivity (Wildman–Crippen MR) is 104 cm³/mol. The van der Waals surface area contributed by atoms with Crippen molar-refractivity contribution in [1.29, 1.82) is 0 Å². The lowest BCUT2D eigenvalue weighted by Gasteiger charge is -2.30. The summed E-state index contributed by atoms with van der Waals surface area (Å²) in [5.41, 5.74) is 5.80. The van der Waals surface area contributed by atoms with Gasteiger partial charge in [0.25, 0.3) is 5.91 Å². The standard InChI is InChI=1S/C19H18N4O2S/c1-12(23-17(24)14-9-5-6-10-15(14)18(23)25)16-11-26-19(22-21-16)20-13-7-3-2-4-8-13/h2-10,12,17,24H,11H2,1H3,(H,20,22). The van der Waals surface area contributed by atoms with Crippen molar-refractivity contribution in [3.8, 4) is 0 Å². The Bertz CT molecular complexity index is 897. The topological polar surface area (TPSA) is 77.3 Å². The number of aliphatic hydroxyl groups is 1. The first-order valence-electron chi connectivity index (χ1n) is 8.34. The molecule has 0 aromatic heterocycles. The Kier molecular flexibility index (Phi) is 4.48. The predicted octanol–water partition coefficient (Wildman–Crippen LogP) is 2.90. The van der Waals surface area contributed by atoms with Crippen LogP contribution in [0.15, 0.2) is 64.7 Å². The number of amidine groups is 1. The molecule has 0 bridgehead atoms. The number of hydrogen-bond acceptors (Lipinski definition) is 5. The summed E-state index contributed by atoms with van der Waals surface area (Å²) in [6, 6.07) is 16.5. The van der Waals surface area contributed by atoms with Crippen molar-refractivity contribution in [3.63, 3.8) is 0 Å². The molecule has 2 N–H and O–H groups in total. The number of hydrazone groups is 1. The zero-order valence-electron chi connectivity index (χ0n) is 14.2. The van der Waals surface area contributed by atoms with Crippen molar-refractivity contribution in [2.45, 2.75) is 19.2 Å². The van der Waals surface area contributed by atoms with E-state index < -0.39 is 6.23 Å². The van der Waals surface area contributed by atoms with Crippen LogP contribution in [-0.2, 0) is 0 Å². The summed E-state index contributed by atoms with van der Waals surface area (Å²) in [6.45, 7) is 1.88. The first-order chi connectivity index (χ1) is 12.6. The summed E-state index contributed by atoms with van der Waals surface area (Å²) in [7, 11) is 0. The number of carbonyl (C=O) groups excluding carboxylic acids is 1. The van der Waals surface area contributed by atoms with E-state index in [1.54, 1.807) is 18.2 Å². The molecule has 0 aliphatic carbocycles. The maximum Gasteiger partial charge on any atom is 0.257 e. The summed E-state index contributed by atoms with van der Waals surface area (Å²) in [6.07, 6.45) is -0.944. The number of rotatable bonds is 3. The van der Waals surface area contributed by atoms with Gasteiger partial charge >= 0.3 is 0 Å². The second kappa shape index (κ2) is 6.93. The number of nitrogens with zero attached hydrogens (tertiary/aromatic N) is 3. The minimum absolute atomic E-state index is 0.169. The van der Waals surface area contributed by atoms with Crippen LogP contribution in [0, 0.1) is 0 Å². The maximum atomic E-state index is 12.7. The highest BCUT2D eigenvalue weighted by Gasteiger charge is 2.40. The molecule has 6 nitrogen and oxygen atoms in total. The average Bonchev–Trinajstić information content (AvgIpc) is 2.94. The Morgan fingerprint density at radius 3 is 2.65 bits per heavy atom. The zero-order valence-corrected chi connectivity index (χ0v) is 15.0. The summed E-state index contributed by atoms with van der Waals surface area (Å²) in [4.78, 5) is 18.6. The second-order valence-corrected chi connectivity index (χ2v) is 7.07. The van der Waals surface area contributed by atoms with Crippen LogP contribution in [0.25, 0.3) is 0 Å². The Balaban J connectivity index is 1.51. The molecule has 0 fully saturated rings. The number of para-hydroxylation sites is 1. The average molecular weight is 366 g/mol. The van der Waals surface area contributed by atoms with E-state index in [-0.39, 0.29) is 11.9 Å². The molecule has 0 spiro atoms. The molecule has 4 rings (SSSR count). The van der Waals surface area contributed by atoms with E-state index in [0.29, 0.717) is 22.0 Å². The van der Waals surface area contributed by atoms with Crippen molar-refractivity contribution in [3.05, 3.63) is 65.7 Å². The second-order valence-electron chi connectivity index (χ2n) is 6.11. The van der Waals surface area contributed by atoms with Gasteiger partial charge in [0.2, 0.25) is 0 Å². The van der Waals surface area contributed by atoms with Gasteiger partial charge in [-0.3, -0.25) is 10.2 Å². The number of thioether (sulfide) groups is 1. The Hall–Kier alpha value is -2.64. The number of nitrogens with one attached hydrogen (secondary N) is 1. The summed E-state index contributed by atoms with van der Waals surface area (Å²) in [5.74, 6) is 0.434. The minimum atomic E-state index is -0.944. The molecule has 0 saturated heterocycles. The molecule has 132 valence electrons. The van der Waals surface area contributed by atoms with E-state index in [2.05, 4.69) is 15.5 Å². The van der Waals surface area contributed by atoms with Gasteiger partial charge < -0.3 is 10.0 Å². The Morgan fingerprint density at radius 2 is 1.96 bits per heavy atom. The third-order valence-electron chi connectivity index (χ3n) is 4.51. The molecule has 0 saturated carbocycles. The largest absolute Gasteiger partial charge is 0.369 e. The minimum Gasteiger partial charge on any atom is -0.369 e. The zero-order chi connectivity index (χ0) is 18.1. The monoisotopic (exact) mass is 366 g/mol. The van der Waals surface area contributed by atoms with Crippen molar-refractivity contribution in [2.24, 2.45) is 10.1 Å². The van der Waals surface area contributed by atoms with Crippen LogP contribution in [0.3, 0.4) is 0 Å². The van der Waals surface area contributed by atoms with E-state index >= 15 is 0 Å². The molecule has 2 heterocycles. The van der Waals surface area contributed by atoms with E-state index in [0.717, 1.165) is 11.4 Å². The molecule has 2 aliphatic heterocycles. The fourth-order valence-electron chi connectivity index (χ4n) is 3.08. The number of benzene rings is 2. The van der Waals surface area contributed by atoms with Gasteiger partial charge in [0.15, 0.2) is 11.4 Å². The molecular weight excluding hydrogens is 348 g/mol. The number of carbonyl (C=O) groups is 1. The summed E-state index contributed by atoms with van der Waals surface area (Å²) < 4.78 is 0. The first-order valence-corrected chi connectivity index (χ1v) is 9.32. The quantitative estimate of drug-likeness (QED) is 0.876. The molecule has 1 amide bonds. The van der Waals surface area contributed by atoms with Crippen LogP contribution in [-0.4, -0.2) is 38.6 Å². The van der Waals surface area contributed by atoms with Gasteiger partial charge in [-0.15, -0.1) is 0 Å². The molecule has 0 radical (unpaired) electrons. The van der Waals surface area contributed by atoms with Gasteiger partial charge in [0.05, 0.1) is 17.4 Å². The van der Waals surface area contributed by atoms with Gasteiger partial charge in [0, 0.05) is 16.9 Å². The van der Waals surface area contributed by atoms with E-state index in [4.69, 9.17) is 0 Å². The van der Waals surface area contributed by atoms with Crippen molar-refractivity contribution in [1.82, 2.24) is 10.3 Å². The van der Waals surface area contributed by atoms with Gasteiger partial charge in [0.1, 0.15) is 0 Å². The molecule has 26 heavy (non-hydrogen) atoms. The van der Waals surface area contributed by atoms with Crippen LogP contribution in [0.2, 0.25) is 0 Å². The van der Waals surface area contributed by atoms with Crippen LogP contribution in [0.5, 0.6) is 0 Å². The lowest BCUT2D eigenvalue weighted by atomic mass is 10.1. The van der Waals surface area contributed by atoms with Crippen LogP contribution >= 0.6 is 11.8 Å². The number of amides is 1. The molecule has 2 unspecified atom stereocenters. The molecule has 7 heteroatoms. The van der Waals surface area contributed by atoms with Gasteiger partial charge in [-0.2, -0.15) is 5.10 Å². The number of hydrogen-bond donors (Lipinski definition) is 2. The van der Waals surface area contributed by atoms with Crippen molar-refractivity contribution < 1.29 is 9.90 Å². The smallest absolute Gasteiger partial charge is 0.257 e. The molecule has 2 aliphatic rings. The third kappa shape index (κ3) is 3.00. The summed E-state index contributed by atoms with van der Waals surface area (Å²) in [5, 5.41) is 15.7. The molecular formula is C19H18N4O2S. The van der Waals surface area contributed by atoms with Crippen molar-refractivity contribution >= 4 is 34.2 Å². The lowest BCUT2D eigenvalue weighted by Crippen LogP contribution is -2.44. The Labute approximate surface area is 155 Å². The van der Waals surface area contributed by atoms with Gasteiger partial charge in [-0.1, -0.05) is 48.2 Å². The first kappa shape index (κ1) is 16.8. The highest BCUT2D eigenvalue weighted by Crippen LogP contribution is 2.33. The fraction of sp³-hybridized carbons (Fsp3) is 0.211. The van der Waals surface area contributed by atoms with E-state index in [1.807, 2.05) is 43.3 Å². The number of aliphatic hydroxyl groups excluding tert-OH is 1. The van der Waals surface area contributed by atoms with Gasteiger partial charge in [-0.25, -0.2) is 4.99 Å².